The summed E-state index contributed by atoms with van der Waals surface area (Å²) in [6.45, 7) is -12.2. The lowest BCUT2D eigenvalue weighted by Crippen LogP contribution is -2.48. The number of nitrogens with zero attached hydrogens (tertiary/aromatic N) is 1. The van der Waals surface area contributed by atoms with Crippen LogP contribution < -0.4 is 9.47 Å². The van der Waals surface area contributed by atoms with Crippen LogP contribution in [-0.4, -0.2) is 43.3 Å². The molecule has 0 bridgehead atoms. The molecule has 1 saturated heterocycles. The van der Waals surface area contributed by atoms with Gasteiger partial charge in [-0.05, 0) is 53.7 Å². The van der Waals surface area contributed by atoms with Crippen LogP contribution in [0.1, 0.15) is 73.8 Å². The first kappa shape index (κ1) is 6.17. The predicted octanol–water partition coefficient (Wildman–Crippen LogP) is 3.42. The van der Waals surface area contributed by atoms with Gasteiger partial charge >= 0.3 is 0 Å². The molecule has 0 aromatic heterocycles. The summed E-state index contributed by atoms with van der Waals surface area (Å²) < 4.78 is 154. The largest absolute Gasteiger partial charge is 0.493 e. The van der Waals surface area contributed by atoms with Gasteiger partial charge < -0.3 is 14.6 Å². The normalized spacial score (nSPS) is 54.9. The van der Waals surface area contributed by atoms with Crippen LogP contribution in [0.2, 0.25) is 0 Å². The molecule has 3 rings (SSSR count). The molecule has 0 aliphatic carbocycles. The molecule has 3 atom stereocenters. The molecule has 0 saturated carbocycles. The standard InChI is InChI=1S/C20H31NO3/c1-20(2,3)11-14-12-21-7-6-13-8-18(23-4)19(24-5)9-15(13)16(21)10-17(14)22/h8-9,14,16-17,22H,6-7,10-12H2,1-5H3/i1D3,2D3,6D2,7D2,10D2,11D2,14D,16D,17D. The molecule has 0 spiro atoms. The van der Waals surface area contributed by atoms with E-state index in [-0.39, 0.29) is 16.4 Å². The van der Waals surface area contributed by atoms with Gasteiger partial charge in [-0.1, -0.05) is 20.6 Å². The van der Waals surface area contributed by atoms with Crippen molar-refractivity contribution < 1.29 is 37.9 Å². The van der Waals surface area contributed by atoms with Crippen molar-refractivity contribution in [2.45, 2.75) is 51.8 Å². The molecule has 2 heterocycles. The minimum atomic E-state index is -4.13. The highest BCUT2D eigenvalue weighted by Crippen LogP contribution is 2.44. The molecule has 2 aliphatic heterocycles. The number of rotatable bonds is 3. The third-order valence-corrected chi connectivity index (χ3v) is 3.61. The maximum absolute atomic E-state index is 11.5. The molecule has 0 radical (unpaired) electrons. The molecule has 1 aromatic rings. The lowest BCUT2D eigenvalue weighted by atomic mass is 9.75. The maximum atomic E-state index is 11.5. The van der Waals surface area contributed by atoms with Gasteiger partial charge in [0.05, 0.1) is 23.0 Å². The molecule has 0 amide bonds. The Morgan fingerprint density at radius 3 is 2.79 bits per heavy atom. The number of methoxy groups -OCH3 is 2. The average molecular weight is 351 g/mol. The zero-order valence-electron chi connectivity index (χ0n) is 30.6. The number of fused-ring (bicyclic) bond motifs is 3. The summed E-state index contributed by atoms with van der Waals surface area (Å²) in [5.41, 5.74) is -4.82. The quantitative estimate of drug-likeness (QED) is 0.907. The van der Waals surface area contributed by atoms with Crippen LogP contribution in [0.4, 0.5) is 0 Å². The van der Waals surface area contributed by atoms with Crippen LogP contribution in [-0.2, 0) is 6.37 Å². The highest BCUT2D eigenvalue weighted by atomic mass is 16.5. The van der Waals surface area contributed by atoms with Crippen molar-refractivity contribution in [1.29, 1.82) is 0 Å². The SMILES string of the molecule is [2H]C([2H])([2H])C(C)(C([2H])([2H])[2H])C([2H])([2H])C1([2H])CN2C([2H])([2H])C([2H])([2H])c3cc(OC)c(OC)cc3C2([2H])C([2H])([2H])C1([2H])O. The van der Waals surface area contributed by atoms with Gasteiger partial charge in [0.15, 0.2) is 11.5 Å². The molecule has 1 N–H and O–H groups in total. The van der Waals surface area contributed by atoms with E-state index < -0.39 is 80.4 Å². The van der Waals surface area contributed by atoms with E-state index in [0.29, 0.717) is 6.92 Å². The van der Waals surface area contributed by atoms with E-state index in [4.69, 9.17) is 31.4 Å². The topological polar surface area (TPSA) is 41.9 Å². The van der Waals surface area contributed by atoms with Gasteiger partial charge in [-0.15, -0.1) is 0 Å². The fraction of sp³-hybridized carbons (Fsp3) is 0.700. The Hall–Kier alpha value is -1.26. The third-order valence-electron chi connectivity index (χ3n) is 3.61. The summed E-state index contributed by atoms with van der Waals surface area (Å²) in [6.07, 6.45) is -15.2. The van der Waals surface area contributed by atoms with Crippen LogP contribution in [0, 0.1) is 11.3 Å². The van der Waals surface area contributed by atoms with Gasteiger partial charge in [-0.3, -0.25) is 4.90 Å². The zero-order chi connectivity index (χ0) is 32.4. The van der Waals surface area contributed by atoms with Gasteiger partial charge in [-0.25, -0.2) is 0 Å². The van der Waals surface area contributed by atoms with Crippen molar-refractivity contribution in [2.75, 3.05) is 27.3 Å². The minimum Gasteiger partial charge on any atom is -0.493 e. The van der Waals surface area contributed by atoms with E-state index in [2.05, 4.69) is 0 Å². The van der Waals surface area contributed by atoms with E-state index in [1.54, 1.807) is 0 Å². The number of piperidine rings is 1. The van der Waals surface area contributed by atoms with Crippen molar-refractivity contribution in [3.8, 4) is 11.5 Å². The van der Waals surface area contributed by atoms with Crippen molar-refractivity contribution in [3.05, 3.63) is 23.3 Å². The molecule has 1 aromatic carbocycles. The lowest BCUT2D eigenvalue weighted by molar-refractivity contribution is -0.0259. The highest BCUT2D eigenvalue weighted by Gasteiger charge is 2.39. The van der Waals surface area contributed by atoms with Gasteiger partial charge in [0.25, 0.3) is 0 Å². The van der Waals surface area contributed by atoms with Gasteiger partial charge in [-0.2, -0.15) is 0 Å². The minimum absolute atomic E-state index is 0.0988. The van der Waals surface area contributed by atoms with Crippen LogP contribution in [0.5, 0.6) is 11.5 Å². The lowest BCUT2D eigenvalue weighted by Gasteiger charge is -2.47. The molecule has 2 aliphatic rings. The van der Waals surface area contributed by atoms with E-state index in [0.717, 1.165) is 12.1 Å². The molecule has 24 heavy (non-hydrogen) atoms. The smallest absolute Gasteiger partial charge is 0.161 e. The molecular weight excluding hydrogens is 302 g/mol. The fourth-order valence-corrected chi connectivity index (χ4v) is 2.58. The van der Waals surface area contributed by atoms with E-state index in [9.17, 15) is 6.48 Å². The van der Waals surface area contributed by atoms with Crippen LogP contribution >= 0.6 is 0 Å². The zero-order valence-corrected chi connectivity index (χ0v) is 13.6. The van der Waals surface area contributed by atoms with E-state index >= 15 is 0 Å². The Bertz CT molecular complexity index is 1210. The van der Waals surface area contributed by atoms with Crippen LogP contribution in [0.15, 0.2) is 12.1 Å². The molecular formula is C20H31NO3. The first-order valence-electron chi connectivity index (χ1n) is 15.7. The van der Waals surface area contributed by atoms with Gasteiger partial charge in [0.2, 0.25) is 0 Å². The second-order valence-corrected chi connectivity index (χ2v) is 5.63. The first-order valence-corrected chi connectivity index (χ1v) is 7.22. The van der Waals surface area contributed by atoms with Crippen molar-refractivity contribution in [1.82, 2.24) is 4.90 Å². The van der Waals surface area contributed by atoms with Crippen LogP contribution in [0.3, 0.4) is 0 Å². The van der Waals surface area contributed by atoms with Crippen molar-refractivity contribution in [2.24, 2.45) is 11.3 Å². The van der Waals surface area contributed by atoms with Crippen LogP contribution in [0.25, 0.3) is 0 Å². The highest BCUT2D eigenvalue weighted by molar-refractivity contribution is 5.49. The van der Waals surface area contributed by atoms with Gasteiger partial charge in [0, 0.05) is 39.6 Å². The van der Waals surface area contributed by atoms with Crippen molar-refractivity contribution in [3.63, 3.8) is 0 Å². The molecule has 134 valence electrons. The van der Waals surface area contributed by atoms with E-state index in [1.807, 2.05) is 0 Å². The number of ether oxygens (including phenoxy) is 2. The molecule has 1 fully saturated rings. The summed E-state index contributed by atoms with van der Waals surface area (Å²) in [7, 11) is 2.35. The maximum Gasteiger partial charge on any atom is 0.161 e. The fourth-order valence-electron chi connectivity index (χ4n) is 2.58. The Balaban J connectivity index is 2.52. The summed E-state index contributed by atoms with van der Waals surface area (Å²) in [5.74, 6) is -4.14. The number of aryl methyl sites for hydroxylation is 1. The molecule has 4 nitrogen and oxygen atoms in total. The monoisotopic (exact) mass is 350 g/mol. The molecule has 4 heteroatoms. The Labute approximate surface area is 169 Å². The van der Waals surface area contributed by atoms with E-state index in [1.165, 1.54) is 14.2 Å². The summed E-state index contributed by atoms with van der Waals surface area (Å²) >= 11 is 0. The predicted molar refractivity (Wildman–Crippen MR) is 95.7 cm³/mol. The number of hydrogen-bond donors (Lipinski definition) is 1. The average Bonchev–Trinajstić information content (AvgIpc) is 2.81. The summed E-state index contributed by atoms with van der Waals surface area (Å²) in [6, 6.07) is -1.37. The third kappa shape index (κ3) is 3.40. The number of hydrogen-bond acceptors (Lipinski definition) is 4. The molecule has 3 unspecified atom stereocenters. The number of benzene rings is 1. The van der Waals surface area contributed by atoms with Crippen molar-refractivity contribution >= 4 is 0 Å². The Morgan fingerprint density at radius 2 is 2.12 bits per heavy atom. The van der Waals surface area contributed by atoms with Gasteiger partial charge in [0.1, 0.15) is 0 Å². The Kier molecular flexibility index (Phi) is 1.69. The number of aliphatic hydroxyl groups is 1. The summed E-state index contributed by atoms with van der Waals surface area (Å²) in [5, 5.41) is 11.5. The summed E-state index contributed by atoms with van der Waals surface area (Å²) in [4.78, 5) is 0.0988. The second-order valence-electron chi connectivity index (χ2n) is 5.63. The first-order chi connectivity index (χ1) is 17.9. The Morgan fingerprint density at radius 1 is 1.42 bits per heavy atom. The second kappa shape index (κ2) is 6.57.